The van der Waals surface area contributed by atoms with Gasteiger partial charge in [0.2, 0.25) is 0 Å². The van der Waals surface area contributed by atoms with Gasteiger partial charge >= 0.3 is 0 Å². The molecule has 0 bridgehead atoms. The molecule has 76 valence electrons. The van der Waals surface area contributed by atoms with Gasteiger partial charge in [0.05, 0.1) is 12.2 Å². The molecule has 0 N–H and O–H groups in total. The van der Waals surface area contributed by atoms with E-state index in [9.17, 15) is 0 Å². The van der Waals surface area contributed by atoms with E-state index in [1.54, 1.807) is 0 Å². The second-order valence-corrected chi connectivity index (χ2v) is 3.39. The Morgan fingerprint density at radius 2 is 1.88 bits per heavy atom. The molecule has 0 aliphatic rings. The van der Waals surface area contributed by atoms with Crippen LogP contribution in [0.1, 0.15) is 0 Å². The van der Waals surface area contributed by atoms with Crippen molar-refractivity contribution in [2.75, 3.05) is 11.4 Å². The summed E-state index contributed by atoms with van der Waals surface area (Å²) in [7, 11) is 0. The SMILES string of the molecule is C#CCN(C#N)c1cccc2ccccc12. The Balaban J connectivity index is 2.61. The van der Waals surface area contributed by atoms with Gasteiger partial charge < -0.3 is 0 Å². The number of fused-ring (bicyclic) bond motifs is 1. The molecule has 2 aromatic carbocycles. The maximum atomic E-state index is 9.05. The Bertz CT molecular complexity index is 582. The molecule has 0 spiro atoms. The molecular weight excluding hydrogens is 196 g/mol. The average molecular weight is 206 g/mol. The first-order valence-corrected chi connectivity index (χ1v) is 4.95. The summed E-state index contributed by atoms with van der Waals surface area (Å²) in [6.07, 6.45) is 7.35. The number of terminal acetylenes is 1. The lowest BCUT2D eigenvalue weighted by molar-refractivity contribution is 1.13. The standard InChI is InChI=1S/C14H10N2/c1-2-10-16(11-15)14-9-5-7-12-6-3-4-8-13(12)14/h1,3-9H,10H2. The minimum Gasteiger partial charge on any atom is -0.267 e. The molecule has 2 nitrogen and oxygen atoms in total. The van der Waals surface area contributed by atoms with Crippen LogP contribution in [0, 0.1) is 23.8 Å². The molecular formula is C14H10N2. The lowest BCUT2D eigenvalue weighted by atomic mass is 10.1. The van der Waals surface area contributed by atoms with Crippen LogP contribution in [0.25, 0.3) is 10.8 Å². The number of benzene rings is 2. The van der Waals surface area contributed by atoms with Gasteiger partial charge in [-0.3, -0.25) is 4.90 Å². The summed E-state index contributed by atoms with van der Waals surface area (Å²) in [6.45, 7) is 0.296. The van der Waals surface area contributed by atoms with Gasteiger partial charge in [-0.1, -0.05) is 42.3 Å². The van der Waals surface area contributed by atoms with Crippen LogP contribution >= 0.6 is 0 Å². The van der Waals surface area contributed by atoms with E-state index in [1.807, 2.05) is 42.5 Å². The third kappa shape index (κ3) is 1.69. The molecule has 0 atom stereocenters. The molecule has 0 unspecified atom stereocenters. The summed E-state index contributed by atoms with van der Waals surface area (Å²) in [4.78, 5) is 1.52. The van der Waals surface area contributed by atoms with E-state index in [0.717, 1.165) is 16.5 Å². The minimum absolute atomic E-state index is 0.296. The quantitative estimate of drug-likeness (QED) is 0.429. The molecule has 0 aliphatic heterocycles. The molecule has 0 aromatic heterocycles. The molecule has 0 amide bonds. The Labute approximate surface area is 94.7 Å². The van der Waals surface area contributed by atoms with E-state index in [4.69, 9.17) is 11.7 Å². The van der Waals surface area contributed by atoms with Gasteiger partial charge in [0.1, 0.15) is 0 Å². The van der Waals surface area contributed by atoms with Crippen LogP contribution in [0.15, 0.2) is 42.5 Å². The summed E-state index contributed by atoms with van der Waals surface area (Å²) >= 11 is 0. The highest BCUT2D eigenvalue weighted by molar-refractivity contribution is 5.94. The number of rotatable bonds is 2. The summed E-state index contributed by atoms with van der Waals surface area (Å²) < 4.78 is 0. The summed E-state index contributed by atoms with van der Waals surface area (Å²) in [5, 5.41) is 11.2. The number of nitrogens with zero attached hydrogens (tertiary/aromatic N) is 2. The van der Waals surface area contributed by atoms with Crippen LogP contribution < -0.4 is 4.90 Å². The Morgan fingerprint density at radius 1 is 1.12 bits per heavy atom. The van der Waals surface area contributed by atoms with Crippen molar-refractivity contribution in [1.82, 2.24) is 0 Å². The molecule has 0 heterocycles. The molecule has 2 rings (SSSR count). The zero-order valence-corrected chi connectivity index (χ0v) is 8.72. The summed E-state index contributed by atoms with van der Waals surface area (Å²) in [5.41, 5.74) is 0.860. The van der Waals surface area contributed by atoms with Crippen LogP contribution in [-0.4, -0.2) is 6.54 Å². The lowest BCUT2D eigenvalue weighted by Gasteiger charge is -2.14. The van der Waals surface area contributed by atoms with Crippen molar-refractivity contribution in [1.29, 1.82) is 5.26 Å². The minimum atomic E-state index is 0.296. The zero-order valence-electron chi connectivity index (χ0n) is 8.72. The van der Waals surface area contributed by atoms with Crippen molar-refractivity contribution in [3.8, 4) is 18.5 Å². The molecule has 0 radical (unpaired) electrons. The van der Waals surface area contributed by atoms with Gasteiger partial charge in [-0.2, -0.15) is 5.26 Å². The third-order valence-electron chi connectivity index (χ3n) is 2.43. The topological polar surface area (TPSA) is 27.0 Å². The lowest BCUT2D eigenvalue weighted by Crippen LogP contribution is -2.16. The van der Waals surface area contributed by atoms with E-state index in [0.29, 0.717) is 6.54 Å². The molecule has 0 saturated heterocycles. The van der Waals surface area contributed by atoms with E-state index in [-0.39, 0.29) is 0 Å². The molecule has 2 aromatic rings. The number of hydrogen-bond donors (Lipinski definition) is 0. The van der Waals surface area contributed by atoms with E-state index in [2.05, 4.69) is 12.1 Å². The molecule has 2 heteroatoms. The second kappa shape index (κ2) is 4.38. The Hall–Kier alpha value is -2.45. The third-order valence-corrected chi connectivity index (χ3v) is 2.43. The maximum Gasteiger partial charge on any atom is 0.185 e. The summed E-state index contributed by atoms with van der Waals surface area (Å²) in [6, 6.07) is 13.8. The van der Waals surface area contributed by atoms with Crippen molar-refractivity contribution in [3.63, 3.8) is 0 Å². The Kier molecular flexibility index (Phi) is 2.76. The van der Waals surface area contributed by atoms with E-state index in [1.165, 1.54) is 4.90 Å². The van der Waals surface area contributed by atoms with Gasteiger partial charge in [0, 0.05) is 5.39 Å². The maximum absolute atomic E-state index is 9.05. The summed E-state index contributed by atoms with van der Waals surface area (Å²) in [5.74, 6) is 2.49. The smallest absolute Gasteiger partial charge is 0.185 e. The zero-order chi connectivity index (χ0) is 11.4. The fraction of sp³-hybridized carbons (Fsp3) is 0.0714. The number of hydrogen-bond acceptors (Lipinski definition) is 2. The normalized spacial score (nSPS) is 9.38. The predicted molar refractivity (Wildman–Crippen MR) is 65.7 cm³/mol. The highest BCUT2D eigenvalue weighted by Gasteiger charge is 2.07. The van der Waals surface area contributed by atoms with Gasteiger partial charge in [-0.25, -0.2) is 0 Å². The van der Waals surface area contributed by atoms with Crippen LogP contribution in [-0.2, 0) is 0 Å². The van der Waals surface area contributed by atoms with Crippen molar-refractivity contribution >= 4 is 16.5 Å². The molecule has 0 saturated carbocycles. The van der Waals surface area contributed by atoms with Gasteiger partial charge in [-0.15, -0.1) is 6.42 Å². The van der Waals surface area contributed by atoms with E-state index < -0.39 is 0 Å². The van der Waals surface area contributed by atoms with Gasteiger partial charge in [0.15, 0.2) is 6.19 Å². The van der Waals surface area contributed by atoms with E-state index >= 15 is 0 Å². The predicted octanol–water partition coefficient (Wildman–Crippen LogP) is 2.76. The Morgan fingerprint density at radius 3 is 2.62 bits per heavy atom. The van der Waals surface area contributed by atoms with Gasteiger partial charge in [-0.05, 0) is 11.5 Å². The fourth-order valence-electron chi connectivity index (χ4n) is 1.71. The molecule has 0 fully saturated rings. The average Bonchev–Trinajstić information content (AvgIpc) is 2.35. The molecule has 16 heavy (non-hydrogen) atoms. The first-order chi connectivity index (χ1) is 7.86. The van der Waals surface area contributed by atoms with Crippen molar-refractivity contribution < 1.29 is 0 Å². The largest absolute Gasteiger partial charge is 0.267 e. The van der Waals surface area contributed by atoms with Crippen molar-refractivity contribution in [2.45, 2.75) is 0 Å². The first kappa shape index (κ1) is 10.1. The highest BCUT2D eigenvalue weighted by Crippen LogP contribution is 2.25. The first-order valence-electron chi connectivity index (χ1n) is 4.95. The van der Waals surface area contributed by atoms with Crippen molar-refractivity contribution in [2.24, 2.45) is 0 Å². The van der Waals surface area contributed by atoms with Crippen molar-refractivity contribution in [3.05, 3.63) is 42.5 Å². The fourth-order valence-corrected chi connectivity index (χ4v) is 1.71. The number of anilines is 1. The molecule has 0 aliphatic carbocycles. The van der Waals surface area contributed by atoms with Crippen LogP contribution in [0.2, 0.25) is 0 Å². The van der Waals surface area contributed by atoms with Crippen LogP contribution in [0.3, 0.4) is 0 Å². The second-order valence-electron chi connectivity index (χ2n) is 3.39. The van der Waals surface area contributed by atoms with Crippen LogP contribution in [0.4, 0.5) is 5.69 Å². The monoisotopic (exact) mass is 206 g/mol. The van der Waals surface area contributed by atoms with Gasteiger partial charge in [0.25, 0.3) is 0 Å². The number of nitriles is 1. The highest BCUT2D eigenvalue weighted by atomic mass is 15.1. The van der Waals surface area contributed by atoms with Crippen LogP contribution in [0.5, 0.6) is 0 Å².